The van der Waals surface area contributed by atoms with E-state index in [4.69, 9.17) is 16.3 Å². The van der Waals surface area contributed by atoms with Crippen LogP contribution in [0.15, 0.2) is 18.2 Å². The summed E-state index contributed by atoms with van der Waals surface area (Å²) in [6.45, 7) is 3.18. The van der Waals surface area contributed by atoms with Crippen LogP contribution < -0.4 is 15.0 Å². The second-order valence-corrected chi connectivity index (χ2v) is 4.63. The van der Waals surface area contributed by atoms with E-state index in [2.05, 4.69) is 19.4 Å². The Kier molecular flexibility index (Phi) is 5.60. The molecule has 0 fully saturated rings. The van der Waals surface area contributed by atoms with Crippen LogP contribution in [0, 0.1) is 0 Å². The highest BCUT2D eigenvalue weighted by Gasteiger charge is 2.05. The van der Waals surface area contributed by atoms with Crippen LogP contribution in [0.2, 0.25) is 5.02 Å². The minimum atomic E-state index is 0.766. The summed E-state index contributed by atoms with van der Waals surface area (Å²) < 4.78 is 5.29. The number of likely N-dealkylation sites (N-methyl/N-ethyl adjacent to an activating group) is 1. The lowest BCUT2D eigenvalue weighted by Gasteiger charge is -2.09. The molecule has 0 saturated heterocycles. The fourth-order valence-electron chi connectivity index (χ4n) is 1.55. The lowest BCUT2D eigenvalue weighted by Crippen LogP contribution is -3.09. The molecule has 3 nitrogen and oxygen atoms in total. The number of hydrogen-bond donors (Lipinski definition) is 2. The number of rotatable bonds is 6. The molecule has 0 aliphatic rings. The van der Waals surface area contributed by atoms with E-state index in [1.807, 2.05) is 18.2 Å². The Morgan fingerprint density at radius 2 is 2.12 bits per heavy atom. The molecule has 1 rings (SSSR count). The van der Waals surface area contributed by atoms with Gasteiger partial charge in [0, 0.05) is 10.6 Å². The first kappa shape index (κ1) is 13.3. The average molecular weight is 245 g/mol. The summed E-state index contributed by atoms with van der Waals surface area (Å²) in [7, 11) is 6.01. The highest BCUT2D eigenvalue weighted by Crippen LogP contribution is 2.21. The molecule has 0 spiro atoms. The molecule has 1 aromatic carbocycles. The first-order chi connectivity index (χ1) is 7.63. The molecule has 1 aromatic rings. The van der Waals surface area contributed by atoms with E-state index in [0.717, 1.165) is 36.0 Å². The van der Waals surface area contributed by atoms with Crippen LogP contribution in [-0.4, -0.2) is 34.3 Å². The van der Waals surface area contributed by atoms with Crippen LogP contribution >= 0.6 is 11.6 Å². The summed E-state index contributed by atoms with van der Waals surface area (Å²) in [4.78, 5) is 1.47. The zero-order valence-electron chi connectivity index (χ0n) is 10.2. The number of methoxy groups -OCH3 is 1. The summed E-state index contributed by atoms with van der Waals surface area (Å²) >= 11 is 5.96. The molecular formula is C12H21ClN2O+2. The van der Waals surface area contributed by atoms with E-state index >= 15 is 0 Å². The number of ether oxygens (including phenoxy) is 1. The van der Waals surface area contributed by atoms with Crippen LogP contribution in [-0.2, 0) is 6.54 Å². The van der Waals surface area contributed by atoms with E-state index < -0.39 is 0 Å². The van der Waals surface area contributed by atoms with Crippen molar-refractivity contribution in [2.24, 2.45) is 0 Å². The number of nitrogens with one attached hydrogen (secondary N) is 1. The molecule has 0 unspecified atom stereocenters. The molecule has 16 heavy (non-hydrogen) atoms. The predicted molar refractivity (Wildman–Crippen MR) is 66.2 cm³/mol. The van der Waals surface area contributed by atoms with Crippen LogP contribution in [0.25, 0.3) is 0 Å². The van der Waals surface area contributed by atoms with Crippen molar-refractivity contribution in [3.63, 3.8) is 0 Å². The van der Waals surface area contributed by atoms with Gasteiger partial charge in [0.2, 0.25) is 0 Å². The molecule has 0 heterocycles. The third kappa shape index (κ3) is 4.39. The summed E-state index contributed by atoms with van der Waals surface area (Å²) in [5.74, 6) is 0.915. The topological polar surface area (TPSA) is 30.3 Å². The number of halogens is 1. The van der Waals surface area contributed by atoms with Gasteiger partial charge < -0.3 is 15.0 Å². The van der Waals surface area contributed by atoms with Crippen molar-refractivity contribution in [2.45, 2.75) is 6.54 Å². The summed E-state index contributed by atoms with van der Waals surface area (Å²) in [5, 5.41) is 3.05. The first-order valence-electron chi connectivity index (χ1n) is 5.56. The van der Waals surface area contributed by atoms with Crippen molar-refractivity contribution in [1.29, 1.82) is 0 Å². The van der Waals surface area contributed by atoms with E-state index in [1.54, 1.807) is 7.11 Å². The second kappa shape index (κ2) is 6.74. The van der Waals surface area contributed by atoms with Gasteiger partial charge in [0.1, 0.15) is 25.4 Å². The minimum absolute atomic E-state index is 0.766. The molecule has 4 heteroatoms. The van der Waals surface area contributed by atoms with Gasteiger partial charge in [0.15, 0.2) is 0 Å². The van der Waals surface area contributed by atoms with E-state index in [9.17, 15) is 0 Å². The summed E-state index contributed by atoms with van der Waals surface area (Å²) in [6, 6.07) is 5.75. The SMILES string of the molecule is COc1ccc(Cl)cc1C[NH2+]CC[NH+](C)C. The zero-order chi connectivity index (χ0) is 12.0. The molecule has 0 bridgehead atoms. The molecular weight excluding hydrogens is 224 g/mol. The molecule has 0 atom stereocenters. The summed E-state index contributed by atoms with van der Waals surface area (Å²) in [5.41, 5.74) is 1.16. The third-order valence-electron chi connectivity index (χ3n) is 2.46. The molecule has 90 valence electrons. The molecule has 3 N–H and O–H groups in total. The monoisotopic (exact) mass is 244 g/mol. The molecule has 0 aromatic heterocycles. The molecule has 0 aliphatic carbocycles. The molecule has 0 radical (unpaired) electrons. The lowest BCUT2D eigenvalue weighted by atomic mass is 10.2. The fraction of sp³-hybridized carbons (Fsp3) is 0.500. The largest absolute Gasteiger partial charge is 0.496 e. The third-order valence-corrected chi connectivity index (χ3v) is 2.69. The smallest absolute Gasteiger partial charge is 0.127 e. The number of benzene rings is 1. The Balaban J connectivity index is 2.48. The highest BCUT2D eigenvalue weighted by molar-refractivity contribution is 6.30. The molecule has 0 amide bonds. The Morgan fingerprint density at radius 1 is 1.38 bits per heavy atom. The predicted octanol–water partition coefficient (Wildman–Crippen LogP) is -0.443. The Bertz CT molecular complexity index is 329. The highest BCUT2D eigenvalue weighted by atomic mass is 35.5. The van der Waals surface area contributed by atoms with Crippen molar-refractivity contribution in [3.05, 3.63) is 28.8 Å². The van der Waals surface area contributed by atoms with Gasteiger partial charge in [-0.25, -0.2) is 0 Å². The Hall–Kier alpha value is -0.770. The van der Waals surface area contributed by atoms with Gasteiger partial charge in [0.05, 0.1) is 21.2 Å². The van der Waals surface area contributed by atoms with Crippen molar-refractivity contribution in [1.82, 2.24) is 0 Å². The van der Waals surface area contributed by atoms with Gasteiger partial charge in [-0.05, 0) is 18.2 Å². The normalized spacial score (nSPS) is 10.8. The van der Waals surface area contributed by atoms with Gasteiger partial charge in [-0.1, -0.05) is 11.6 Å². The van der Waals surface area contributed by atoms with Crippen LogP contribution in [0.3, 0.4) is 0 Å². The van der Waals surface area contributed by atoms with E-state index in [1.165, 1.54) is 4.90 Å². The zero-order valence-corrected chi connectivity index (χ0v) is 11.0. The van der Waals surface area contributed by atoms with Crippen molar-refractivity contribution >= 4 is 11.6 Å². The minimum Gasteiger partial charge on any atom is -0.496 e. The fourth-order valence-corrected chi connectivity index (χ4v) is 1.75. The molecule has 0 saturated carbocycles. The van der Waals surface area contributed by atoms with E-state index in [-0.39, 0.29) is 0 Å². The Labute approximate surface area is 102 Å². The quantitative estimate of drug-likeness (QED) is 0.653. The first-order valence-corrected chi connectivity index (χ1v) is 5.94. The summed E-state index contributed by atoms with van der Waals surface area (Å²) in [6.07, 6.45) is 0. The number of nitrogens with two attached hydrogens (primary N) is 1. The van der Waals surface area contributed by atoms with Gasteiger partial charge >= 0.3 is 0 Å². The maximum absolute atomic E-state index is 5.96. The van der Waals surface area contributed by atoms with Crippen molar-refractivity contribution in [3.8, 4) is 5.75 Å². The maximum Gasteiger partial charge on any atom is 0.127 e. The Morgan fingerprint density at radius 3 is 2.75 bits per heavy atom. The van der Waals surface area contributed by atoms with E-state index in [0.29, 0.717) is 0 Å². The van der Waals surface area contributed by atoms with Crippen LogP contribution in [0.1, 0.15) is 5.56 Å². The number of hydrogen-bond acceptors (Lipinski definition) is 1. The maximum atomic E-state index is 5.96. The molecule has 0 aliphatic heterocycles. The van der Waals surface area contributed by atoms with Gasteiger partial charge in [0.25, 0.3) is 0 Å². The number of quaternary nitrogens is 2. The van der Waals surface area contributed by atoms with Crippen molar-refractivity contribution < 1.29 is 15.0 Å². The average Bonchev–Trinajstić information content (AvgIpc) is 2.24. The standard InChI is InChI=1S/C12H19ClN2O/c1-15(2)7-6-14-9-10-8-11(13)4-5-12(10)16-3/h4-5,8,14H,6-7,9H2,1-3H3/p+2. The van der Waals surface area contributed by atoms with Gasteiger partial charge in [-0.15, -0.1) is 0 Å². The second-order valence-electron chi connectivity index (χ2n) is 4.19. The van der Waals surface area contributed by atoms with Crippen molar-refractivity contribution in [2.75, 3.05) is 34.3 Å². The van der Waals surface area contributed by atoms with Gasteiger partial charge in [-0.3, -0.25) is 0 Å². The van der Waals surface area contributed by atoms with Crippen LogP contribution in [0.4, 0.5) is 0 Å². The van der Waals surface area contributed by atoms with Crippen LogP contribution in [0.5, 0.6) is 5.75 Å². The van der Waals surface area contributed by atoms with Gasteiger partial charge in [-0.2, -0.15) is 0 Å². The lowest BCUT2D eigenvalue weighted by molar-refractivity contribution is -0.875.